The molecule has 23 heavy (non-hydrogen) atoms. The molecular weight excluding hydrogens is 288 g/mol. The van der Waals surface area contributed by atoms with Crippen molar-refractivity contribution in [2.45, 2.75) is 63.6 Å². The number of carbonyl (C=O) groups excluding carboxylic acids is 1. The van der Waals surface area contributed by atoms with Gasteiger partial charge in [-0.05, 0) is 45.6 Å². The Hall–Kier alpha value is -1.07. The summed E-state index contributed by atoms with van der Waals surface area (Å²) in [5.41, 5.74) is 1.22. The number of nitrogens with one attached hydrogen (secondary N) is 2. The van der Waals surface area contributed by atoms with Crippen molar-refractivity contribution in [2.24, 2.45) is 0 Å². The fourth-order valence-corrected chi connectivity index (χ4v) is 4.43. The van der Waals surface area contributed by atoms with Crippen LogP contribution in [0, 0.1) is 0 Å². The monoisotopic (exact) mass is 320 g/mol. The summed E-state index contributed by atoms with van der Waals surface area (Å²) in [5.74, 6) is 0. The van der Waals surface area contributed by atoms with E-state index >= 15 is 0 Å². The number of likely N-dealkylation sites (tertiary alicyclic amines) is 1. The fourth-order valence-electron chi connectivity index (χ4n) is 4.43. The van der Waals surface area contributed by atoms with Crippen LogP contribution < -0.4 is 10.6 Å². The summed E-state index contributed by atoms with van der Waals surface area (Å²) < 4.78 is 0. The van der Waals surface area contributed by atoms with Crippen LogP contribution >= 0.6 is 0 Å². The molecule has 2 atom stereocenters. The van der Waals surface area contributed by atoms with E-state index in [1.165, 1.54) is 31.4 Å². The van der Waals surface area contributed by atoms with Crippen LogP contribution in [0.4, 0.5) is 4.79 Å². The lowest BCUT2D eigenvalue weighted by Crippen LogP contribution is -2.53. The third kappa shape index (κ3) is 4.48. The number of hydrogen-bond donors (Lipinski definition) is 2. The lowest BCUT2D eigenvalue weighted by atomic mass is 9.99. The zero-order chi connectivity index (χ0) is 16.2. The lowest BCUT2D eigenvalue weighted by Gasteiger charge is -2.34. The van der Waals surface area contributed by atoms with Crippen molar-refractivity contribution in [1.29, 1.82) is 0 Å². The van der Waals surface area contributed by atoms with Gasteiger partial charge in [0.05, 0.1) is 0 Å². The van der Waals surface area contributed by atoms with Gasteiger partial charge in [-0.3, -0.25) is 9.80 Å². The van der Waals surface area contributed by atoms with E-state index in [0.29, 0.717) is 18.1 Å². The fraction of sp³-hybridized carbons (Fsp3) is 0.833. The molecule has 3 rings (SSSR count). The quantitative estimate of drug-likeness (QED) is 0.779. The standard InChI is InChI=1S/C18H32N4O/c1-14(2)13-21-10-6-15(7-11-21)19-18(23)20-16-8-12-22-9-4-3-5-17(16)22/h15-17H,1,3-13H2,2H3,(H2,19,20,23)/t16-,17-/m0/s1. The Kier molecular flexibility index (Phi) is 5.59. The van der Waals surface area contributed by atoms with Gasteiger partial charge >= 0.3 is 6.03 Å². The molecule has 0 aromatic rings. The summed E-state index contributed by atoms with van der Waals surface area (Å²) in [6.45, 7) is 11.5. The van der Waals surface area contributed by atoms with Crippen molar-refractivity contribution in [3.05, 3.63) is 12.2 Å². The minimum Gasteiger partial charge on any atom is -0.335 e. The first kappa shape index (κ1) is 16.8. The van der Waals surface area contributed by atoms with Gasteiger partial charge in [0.15, 0.2) is 0 Å². The van der Waals surface area contributed by atoms with Gasteiger partial charge in [0.2, 0.25) is 0 Å². The largest absolute Gasteiger partial charge is 0.335 e. The number of urea groups is 1. The molecule has 5 heteroatoms. The van der Waals surface area contributed by atoms with Gasteiger partial charge in [-0.2, -0.15) is 0 Å². The lowest BCUT2D eigenvalue weighted by molar-refractivity contribution is 0.175. The molecular formula is C18H32N4O. The molecule has 0 radical (unpaired) electrons. The van der Waals surface area contributed by atoms with Crippen molar-refractivity contribution in [2.75, 3.05) is 32.7 Å². The smallest absolute Gasteiger partial charge is 0.315 e. The van der Waals surface area contributed by atoms with Crippen LogP contribution in [0.3, 0.4) is 0 Å². The number of carbonyl (C=O) groups is 1. The molecule has 0 aromatic heterocycles. The zero-order valence-corrected chi connectivity index (χ0v) is 14.5. The Morgan fingerprint density at radius 1 is 1.04 bits per heavy atom. The predicted molar refractivity (Wildman–Crippen MR) is 93.6 cm³/mol. The molecule has 3 fully saturated rings. The van der Waals surface area contributed by atoms with E-state index in [-0.39, 0.29) is 6.03 Å². The minimum atomic E-state index is 0.0424. The third-order valence-electron chi connectivity index (χ3n) is 5.59. The van der Waals surface area contributed by atoms with Gasteiger partial charge in [0.25, 0.3) is 0 Å². The molecule has 3 aliphatic heterocycles. The van der Waals surface area contributed by atoms with Gasteiger partial charge in [-0.15, -0.1) is 0 Å². The zero-order valence-electron chi connectivity index (χ0n) is 14.5. The van der Waals surface area contributed by atoms with Crippen LogP contribution in [-0.2, 0) is 0 Å². The third-order valence-corrected chi connectivity index (χ3v) is 5.59. The average molecular weight is 320 g/mol. The van der Waals surface area contributed by atoms with Crippen LogP contribution in [0.15, 0.2) is 12.2 Å². The van der Waals surface area contributed by atoms with Gasteiger partial charge in [0, 0.05) is 44.3 Å². The van der Waals surface area contributed by atoms with E-state index in [9.17, 15) is 4.79 Å². The highest BCUT2D eigenvalue weighted by Crippen LogP contribution is 2.27. The molecule has 2 amide bonds. The molecule has 0 spiro atoms. The van der Waals surface area contributed by atoms with Crippen molar-refractivity contribution < 1.29 is 4.79 Å². The molecule has 3 saturated heterocycles. The van der Waals surface area contributed by atoms with E-state index in [1.807, 2.05) is 0 Å². The van der Waals surface area contributed by atoms with Gasteiger partial charge in [-0.1, -0.05) is 18.6 Å². The van der Waals surface area contributed by atoms with E-state index < -0.39 is 0 Å². The van der Waals surface area contributed by atoms with Gasteiger partial charge in [0.1, 0.15) is 0 Å². The highest BCUT2D eigenvalue weighted by atomic mass is 16.2. The summed E-state index contributed by atoms with van der Waals surface area (Å²) in [6, 6.07) is 1.28. The van der Waals surface area contributed by atoms with Crippen molar-refractivity contribution in [1.82, 2.24) is 20.4 Å². The second kappa shape index (κ2) is 7.67. The number of hydrogen-bond acceptors (Lipinski definition) is 3. The summed E-state index contributed by atoms with van der Waals surface area (Å²) in [7, 11) is 0. The van der Waals surface area contributed by atoms with Gasteiger partial charge < -0.3 is 10.6 Å². The molecule has 3 aliphatic rings. The number of amides is 2. The number of fused-ring (bicyclic) bond motifs is 1. The second-order valence-electron chi connectivity index (χ2n) is 7.62. The van der Waals surface area contributed by atoms with E-state index in [2.05, 4.69) is 33.9 Å². The SMILES string of the molecule is C=C(C)CN1CCC(NC(=O)N[C@H]2CCN3CCCC[C@@H]23)CC1. The second-order valence-corrected chi connectivity index (χ2v) is 7.62. The first-order valence-corrected chi connectivity index (χ1v) is 9.29. The molecule has 3 heterocycles. The Labute approximate surface area is 140 Å². The maximum Gasteiger partial charge on any atom is 0.315 e. The highest BCUT2D eigenvalue weighted by molar-refractivity contribution is 5.74. The van der Waals surface area contributed by atoms with Crippen molar-refractivity contribution in [3.8, 4) is 0 Å². The minimum absolute atomic E-state index is 0.0424. The topological polar surface area (TPSA) is 47.6 Å². The predicted octanol–water partition coefficient (Wildman–Crippen LogP) is 1.95. The maximum atomic E-state index is 12.3. The van der Waals surface area contributed by atoms with Gasteiger partial charge in [-0.25, -0.2) is 4.79 Å². The Balaban J connectivity index is 1.39. The maximum absolute atomic E-state index is 12.3. The van der Waals surface area contributed by atoms with E-state index in [1.54, 1.807) is 0 Å². The number of nitrogens with zero attached hydrogens (tertiary/aromatic N) is 2. The van der Waals surface area contributed by atoms with Crippen LogP contribution in [0.1, 0.15) is 45.4 Å². The van der Waals surface area contributed by atoms with Crippen LogP contribution in [0.2, 0.25) is 0 Å². The normalized spacial score (nSPS) is 30.0. The highest BCUT2D eigenvalue weighted by Gasteiger charge is 2.36. The van der Waals surface area contributed by atoms with Crippen molar-refractivity contribution in [3.63, 3.8) is 0 Å². The van der Waals surface area contributed by atoms with Crippen LogP contribution in [0.25, 0.3) is 0 Å². The molecule has 0 bridgehead atoms. The first-order valence-electron chi connectivity index (χ1n) is 9.29. The molecule has 2 N–H and O–H groups in total. The number of rotatable bonds is 4. The van der Waals surface area contributed by atoms with E-state index in [4.69, 9.17) is 0 Å². The number of piperidine rings is 2. The summed E-state index contributed by atoms with van der Waals surface area (Å²) in [4.78, 5) is 17.3. The summed E-state index contributed by atoms with van der Waals surface area (Å²) >= 11 is 0. The Morgan fingerprint density at radius 3 is 2.57 bits per heavy atom. The molecule has 0 aromatic carbocycles. The van der Waals surface area contributed by atoms with Crippen LogP contribution in [0.5, 0.6) is 0 Å². The summed E-state index contributed by atoms with van der Waals surface area (Å²) in [5, 5.41) is 6.45. The average Bonchev–Trinajstić information content (AvgIpc) is 2.92. The molecule has 130 valence electrons. The first-order chi connectivity index (χ1) is 11.1. The van der Waals surface area contributed by atoms with Crippen molar-refractivity contribution >= 4 is 6.03 Å². The Bertz CT molecular complexity index is 431. The molecule has 0 aliphatic carbocycles. The summed E-state index contributed by atoms with van der Waals surface area (Å²) in [6.07, 6.45) is 7.06. The Morgan fingerprint density at radius 2 is 1.83 bits per heavy atom. The molecule has 5 nitrogen and oxygen atoms in total. The van der Waals surface area contributed by atoms with E-state index in [0.717, 1.165) is 45.4 Å². The molecule has 0 saturated carbocycles. The molecule has 0 unspecified atom stereocenters. The van der Waals surface area contributed by atoms with Crippen LogP contribution in [-0.4, -0.2) is 66.7 Å².